The van der Waals surface area contributed by atoms with E-state index in [2.05, 4.69) is 15.5 Å². The van der Waals surface area contributed by atoms with Gasteiger partial charge in [-0.15, -0.1) is 0 Å². The smallest absolute Gasteiger partial charge is 0.339 e. The summed E-state index contributed by atoms with van der Waals surface area (Å²) in [4.78, 5) is 16.8. The van der Waals surface area contributed by atoms with Crippen molar-refractivity contribution < 1.29 is 22.5 Å². The van der Waals surface area contributed by atoms with Crippen molar-refractivity contribution in [2.75, 3.05) is 5.32 Å². The summed E-state index contributed by atoms with van der Waals surface area (Å²) >= 11 is 0. The summed E-state index contributed by atoms with van der Waals surface area (Å²) in [5.41, 5.74) is 0.874. The van der Waals surface area contributed by atoms with Crippen LogP contribution in [-0.2, 0) is 23.8 Å². The Labute approximate surface area is 164 Å². The molecule has 1 amide bonds. The first kappa shape index (κ1) is 19.2. The molecule has 5 nitrogen and oxygen atoms in total. The second-order valence-corrected chi connectivity index (χ2v) is 7.08. The number of carbonyl (C=O) groups is 1. The molecule has 0 spiro atoms. The first-order valence-corrected chi connectivity index (χ1v) is 9.25. The first-order chi connectivity index (χ1) is 13.9. The van der Waals surface area contributed by atoms with Crippen LogP contribution in [0.1, 0.15) is 47.2 Å². The SMILES string of the molecule is O=C(Cc1cccc(C(F)(F)F)c1)Nc1ccccc1Cc1nc(C2CC2)no1. The lowest BCUT2D eigenvalue weighted by Crippen LogP contribution is -2.16. The molecule has 1 saturated carbocycles. The predicted molar refractivity (Wildman–Crippen MR) is 99.3 cm³/mol. The normalized spacial score (nSPS) is 14.0. The van der Waals surface area contributed by atoms with E-state index >= 15 is 0 Å². The molecule has 1 aliphatic rings. The predicted octanol–water partition coefficient (Wildman–Crippen LogP) is 4.74. The molecule has 1 N–H and O–H groups in total. The number of anilines is 1. The van der Waals surface area contributed by atoms with E-state index in [0.29, 0.717) is 35.3 Å². The van der Waals surface area contributed by atoms with Crippen LogP contribution < -0.4 is 5.32 Å². The summed E-state index contributed by atoms with van der Waals surface area (Å²) in [5, 5.41) is 6.75. The van der Waals surface area contributed by atoms with Crippen molar-refractivity contribution in [1.82, 2.24) is 10.1 Å². The molecule has 4 rings (SSSR count). The fourth-order valence-corrected chi connectivity index (χ4v) is 3.04. The molecule has 8 heteroatoms. The number of nitrogens with zero attached hydrogens (tertiary/aromatic N) is 2. The summed E-state index contributed by atoms with van der Waals surface area (Å²) in [7, 11) is 0. The lowest BCUT2D eigenvalue weighted by atomic mass is 10.1. The highest BCUT2D eigenvalue weighted by Gasteiger charge is 2.30. The number of para-hydroxylation sites is 1. The maximum absolute atomic E-state index is 12.8. The highest BCUT2D eigenvalue weighted by molar-refractivity contribution is 5.93. The number of benzene rings is 2. The molecule has 0 saturated heterocycles. The van der Waals surface area contributed by atoms with E-state index in [0.717, 1.165) is 30.5 Å². The Morgan fingerprint density at radius 2 is 1.93 bits per heavy atom. The first-order valence-electron chi connectivity index (χ1n) is 9.25. The van der Waals surface area contributed by atoms with Crippen molar-refractivity contribution >= 4 is 11.6 Å². The van der Waals surface area contributed by atoms with Crippen LogP contribution in [0.3, 0.4) is 0 Å². The summed E-state index contributed by atoms with van der Waals surface area (Å²) < 4.78 is 43.8. The van der Waals surface area contributed by atoms with Gasteiger partial charge in [0.1, 0.15) is 0 Å². The van der Waals surface area contributed by atoms with Crippen LogP contribution in [0.2, 0.25) is 0 Å². The number of hydrogen-bond acceptors (Lipinski definition) is 4. The Bertz CT molecular complexity index is 1030. The Hall–Kier alpha value is -3.16. The van der Waals surface area contributed by atoms with Gasteiger partial charge in [-0.1, -0.05) is 41.6 Å². The number of amides is 1. The van der Waals surface area contributed by atoms with E-state index < -0.39 is 17.6 Å². The number of aromatic nitrogens is 2. The highest BCUT2D eigenvalue weighted by Crippen LogP contribution is 2.38. The molecule has 0 atom stereocenters. The number of alkyl halides is 3. The third kappa shape index (κ3) is 4.82. The second kappa shape index (κ2) is 7.69. The largest absolute Gasteiger partial charge is 0.416 e. The molecule has 2 aromatic carbocycles. The molecule has 3 aromatic rings. The lowest BCUT2D eigenvalue weighted by Gasteiger charge is -2.11. The van der Waals surface area contributed by atoms with Gasteiger partial charge in [0.2, 0.25) is 11.8 Å². The zero-order chi connectivity index (χ0) is 20.4. The van der Waals surface area contributed by atoms with E-state index in [4.69, 9.17) is 4.52 Å². The topological polar surface area (TPSA) is 68.0 Å². The van der Waals surface area contributed by atoms with Gasteiger partial charge < -0.3 is 9.84 Å². The number of nitrogens with one attached hydrogen (secondary N) is 1. The van der Waals surface area contributed by atoms with Crippen LogP contribution in [0.5, 0.6) is 0 Å². The zero-order valence-electron chi connectivity index (χ0n) is 15.4. The summed E-state index contributed by atoms with van der Waals surface area (Å²) in [6.45, 7) is 0. The van der Waals surface area contributed by atoms with Gasteiger partial charge in [-0.05, 0) is 36.1 Å². The van der Waals surface area contributed by atoms with Crippen molar-refractivity contribution in [2.24, 2.45) is 0 Å². The monoisotopic (exact) mass is 401 g/mol. The van der Waals surface area contributed by atoms with Crippen LogP contribution in [0.25, 0.3) is 0 Å². The molecule has 0 aliphatic heterocycles. The quantitative estimate of drug-likeness (QED) is 0.648. The maximum atomic E-state index is 12.8. The molecule has 150 valence electrons. The van der Waals surface area contributed by atoms with Gasteiger partial charge in [0.25, 0.3) is 0 Å². The summed E-state index contributed by atoms with van der Waals surface area (Å²) in [6.07, 6.45) is -2.10. The Morgan fingerprint density at radius 1 is 1.14 bits per heavy atom. The molecule has 0 bridgehead atoms. The van der Waals surface area contributed by atoms with Crippen LogP contribution in [-0.4, -0.2) is 16.0 Å². The molecule has 1 aliphatic carbocycles. The van der Waals surface area contributed by atoms with Crippen molar-refractivity contribution in [2.45, 2.75) is 37.8 Å². The van der Waals surface area contributed by atoms with E-state index in [1.165, 1.54) is 12.1 Å². The summed E-state index contributed by atoms with van der Waals surface area (Å²) in [6, 6.07) is 11.9. The van der Waals surface area contributed by atoms with E-state index in [-0.39, 0.29) is 6.42 Å². The van der Waals surface area contributed by atoms with Crippen molar-refractivity contribution in [3.63, 3.8) is 0 Å². The van der Waals surface area contributed by atoms with Crippen molar-refractivity contribution in [3.8, 4) is 0 Å². The second-order valence-electron chi connectivity index (χ2n) is 7.08. The van der Waals surface area contributed by atoms with Gasteiger partial charge >= 0.3 is 6.18 Å². The molecule has 0 unspecified atom stereocenters. The van der Waals surface area contributed by atoms with E-state index in [1.807, 2.05) is 12.1 Å². The zero-order valence-corrected chi connectivity index (χ0v) is 15.4. The molecule has 1 aromatic heterocycles. The minimum atomic E-state index is -4.44. The van der Waals surface area contributed by atoms with Gasteiger partial charge in [0.15, 0.2) is 5.82 Å². The van der Waals surface area contributed by atoms with Gasteiger partial charge in [0.05, 0.1) is 18.4 Å². The van der Waals surface area contributed by atoms with E-state index in [1.54, 1.807) is 12.1 Å². The third-order valence-corrected chi connectivity index (χ3v) is 4.68. The lowest BCUT2D eigenvalue weighted by molar-refractivity contribution is -0.137. The maximum Gasteiger partial charge on any atom is 0.416 e. The molecule has 1 fully saturated rings. The molecule has 0 radical (unpaired) electrons. The molecule has 1 heterocycles. The molecular formula is C21H18F3N3O2. The Morgan fingerprint density at radius 3 is 2.69 bits per heavy atom. The van der Waals surface area contributed by atoms with Crippen LogP contribution >= 0.6 is 0 Å². The Kier molecular flexibility index (Phi) is 5.08. The Balaban J connectivity index is 1.44. The average molecular weight is 401 g/mol. The number of carbonyl (C=O) groups excluding carboxylic acids is 1. The van der Waals surface area contributed by atoms with Gasteiger partial charge in [0, 0.05) is 11.6 Å². The van der Waals surface area contributed by atoms with Gasteiger partial charge in [-0.25, -0.2) is 0 Å². The van der Waals surface area contributed by atoms with Crippen molar-refractivity contribution in [3.05, 3.63) is 76.9 Å². The fourth-order valence-electron chi connectivity index (χ4n) is 3.04. The van der Waals surface area contributed by atoms with Crippen LogP contribution in [0.4, 0.5) is 18.9 Å². The van der Waals surface area contributed by atoms with Crippen molar-refractivity contribution in [1.29, 1.82) is 0 Å². The van der Waals surface area contributed by atoms with Crippen LogP contribution in [0, 0.1) is 0 Å². The van der Waals surface area contributed by atoms with Gasteiger partial charge in [-0.3, -0.25) is 4.79 Å². The molecular weight excluding hydrogens is 383 g/mol. The van der Waals surface area contributed by atoms with Gasteiger partial charge in [-0.2, -0.15) is 18.2 Å². The third-order valence-electron chi connectivity index (χ3n) is 4.68. The summed E-state index contributed by atoms with van der Waals surface area (Å²) in [5.74, 6) is 1.16. The van der Waals surface area contributed by atoms with E-state index in [9.17, 15) is 18.0 Å². The average Bonchev–Trinajstić information content (AvgIpc) is 3.42. The number of rotatable bonds is 6. The highest BCUT2D eigenvalue weighted by atomic mass is 19.4. The fraction of sp³-hybridized carbons (Fsp3) is 0.286. The standard InChI is InChI=1S/C21H18F3N3O2/c22-21(23,24)16-6-3-4-13(10-16)11-18(28)25-17-7-2-1-5-15(17)12-19-26-20(27-29-19)14-8-9-14/h1-7,10,14H,8-9,11-12H2,(H,25,28). The molecule has 29 heavy (non-hydrogen) atoms. The number of halogens is 3. The van der Waals surface area contributed by atoms with Crippen LogP contribution in [0.15, 0.2) is 53.1 Å². The number of hydrogen-bond donors (Lipinski definition) is 1. The minimum absolute atomic E-state index is 0.162. The minimum Gasteiger partial charge on any atom is -0.339 e.